The zero-order chi connectivity index (χ0) is 14.7. The van der Waals surface area contributed by atoms with Gasteiger partial charge in [-0.15, -0.1) is 0 Å². The number of benzene rings is 1. The van der Waals surface area contributed by atoms with Crippen molar-refractivity contribution in [3.63, 3.8) is 0 Å². The smallest absolute Gasteiger partial charge is 0.335 e. The van der Waals surface area contributed by atoms with Crippen LogP contribution < -0.4 is 5.32 Å². The van der Waals surface area contributed by atoms with Gasteiger partial charge in [-0.1, -0.05) is 12.1 Å². The summed E-state index contributed by atoms with van der Waals surface area (Å²) in [7, 11) is 0. The molecule has 5 heteroatoms. The van der Waals surface area contributed by atoms with E-state index in [1.54, 1.807) is 30.6 Å². The van der Waals surface area contributed by atoms with Crippen LogP contribution in [0, 0.1) is 0 Å². The number of carbonyl (C=O) groups is 1. The van der Waals surface area contributed by atoms with Crippen LogP contribution in [-0.4, -0.2) is 34.1 Å². The van der Waals surface area contributed by atoms with Gasteiger partial charge in [-0.3, -0.25) is 9.97 Å². The minimum absolute atomic E-state index is 0.259. The van der Waals surface area contributed by atoms with Gasteiger partial charge in [-0.2, -0.15) is 0 Å². The van der Waals surface area contributed by atoms with Crippen LogP contribution in [0.2, 0.25) is 0 Å². The Kier molecular flexibility index (Phi) is 3.92. The summed E-state index contributed by atoms with van der Waals surface area (Å²) in [5, 5.41) is 12.4. The highest BCUT2D eigenvalue weighted by Crippen LogP contribution is 2.23. The molecule has 1 atom stereocenters. The van der Waals surface area contributed by atoms with Crippen LogP contribution in [0.5, 0.6) is 0 Å². The normalized spacial score (nSPS) is 18.4. The average molecular weight is 283 g/mol. The lowest BCUT2D eigenvalue weighted by molar-refractivity contribution is 0.0697. The topological polar surface area (TPSA) is 75.1 Å². The van der Waals surface area contributed by atoms with Crippen molar-refractivity contribution in [2.75, 3.05) is 13.1 Å². The van der Waals surface area contributed by atoms with Crippen molar-refractivity contribution in [2.24, 2.45) is 0 Å². The zero-order valence-electron chi connectivity index (χ0n) is 11.6. The maximum absolute atomic E-state index is 11.0. The Morgan fingerprint density at radius 1 is 1.29 bits per heavy atom. The summed E-state index contributed by atoms with van der Waals surface area (Å²) in [6.07, 6.45) is 5.83. The fourth-order valence-corrected chi connectivity index (χ4v) is 2.61. The predicted molar refractivity (Wildman–Crippen MR) is 79.3 cm³/mol. The van der Waals surface area contributed by atoms with Gasteiger partial charge < -0.3 is 10.4 Å². The van der Waals surface area contributed by atoms with E-state index in [0.29, 0.717) is 11.6 Å². The Balaban J connectivity index is 1.83. The maximum atomic E-state index is 11.0. The summed E-state index contributed by atoms with van der Waals surface area (Å²) in [4.78, 5) is 19.9. The van der Waals surface area contributed by atoms with E-state index >= 15 is 0 Å². The molecule has 1 unspecified atom stereocenters. The van der Waals surface area contributed by atoms with Crippen LogP contribution in [0.3, 0.4) is 0 Å². The molecule has 0 spiro atoms. The molecule has 3 rings (SSSR count). The van der Waals surface area contributed by atoms with Crippen LogP contribution in [0.4, 0.5) is 0 Å². The van der Waals surface area contributed by atoms with Gasteiger partial charge in [-0.05, 0) is 31.5 Å². The van der Waals surface area contributed by atoms with Crippen molar-refractivity contribution in [3.8, 4) is 11.3 Å². The zero-order valence-corrected chi connectivity index (χ0v) is 11.6. The number of hydrogen-bond acceptors (Lipinski definition) is 4. The second-order valence-corrected chi connectivity index (χ2v) is 5.26. The van der Waals surface area contributed by atoms with Gasteiger partial charge in [0.1, 0.15) is 0 Å². The summed E-state index contributed by atoms with van der Waals surface area (Å²) in [5.41, 5.74) is 2.73. The first-order valence-corrected chi connectivity index (χ1v) is 7.10. The van der Waals surface area contributed by atoms with E-state index in [1.807, 2.05) is 6.07 Å². The molecular weight excluding hydrogens is 266 g/mol. The molecule has 2 N–H and O–H groups in total. The molecule has 1 aliphatic rings. The highest BCUT2D eigenvalue weighted by atomic mass is 16.4. The molecule has 0 aliphatic carbocycles. The van der Waals surface area contributed by atoms with Crippen LogP contribution in [0.25, 0.3) is 11.3 Å². The monoisotopic (exact) mass is 283 g/mol. The molecule has 2 aromatic rings. The lowest BCUT2D eigenvalue weighted by atomic mass is 9.96. The van der Waals surface area contributed by atoms with Crippen LogP contribution in [0.15, 0.2) is 36.7 Å². The highest BCUT2D eigenvalue weighted by molar-refractivity contribution is 5.89. The summed E-state index contributed by atoms with van der Waals surface area (Å²) >= 11 is 0. The number of nitrogens with zero attached hydrogens (tertiary/aromatic N) is 2. The van der Waals surface area contributed by atoms with Gasteiger partial charge in [0, 0.05) is 24.2 Å². The number of nitrogens with one attached hydrogen (secondary N) is 1. The van der Waals surface area contributed by atoms with E-state index in [4.69, 9.17) is 5.11 Å². The Morgan fingerprint density at radius 3 is 2.86 bits per heavy atom. The molecule has 0 amide bonds. The molecule has 0 radical (unpaired) electrons. The van der Waals surface area contributed by atoms with Crippen molar-refractivity contribution < 1.29 is 9.90 Å². The standard InChI is InChI=1S/C16H17N3O2/c20-16(21)12-4-1-3-11(7-12)14-9-19-15(10-18-14)13-5-2-6-17-8-13/h1,3-4,7,9-10,13,17H,2,5-6,8H2,(H,20,21). The van der Waals surface area contributed by atoms with E-state index in [2.05, 4.69) is 15.3 Å². The Labute approximate surface area is 123 Å². The lowest BCUT2D eigenvalue weighted by Gasteiger charge is -2.21. The number of aromatic carboxylic acids is 1. The van der Waals surface area contributed by atoms with Crippen molar-refractivity contribution >= 4 is 5.97 Å². The highest BCUT2D eigenvalue weighted by Gasteiger charge is 2.16. The summed E-state index contributed by atoms with van der Waals surface area (Å²) < 4.78 is 0. The Hall–Kier alpha value is -2.27. The van der Waals surface area contributed by atoms with Crippen LogP contribution >= 0.6 is 0 Å². The quantitative estimate of drug-likeness (QED) is 0.904. The third-order valence-corrected chi connectivity index (χ3v) is 3.79. The number of aromatic nitrogens is 2. The first kappa shape index (κ1) is 13.7. The number of rotatable bonds is 3. The maximum Gasteiger partial charge on any atom is 0.335 e. The molecule has 21 heavy (non-hydrogen) atoms. The van der Waals surface area contributed by atoms with E-state index in [-0.39, 0.29) is 5.56 Å². The second-order valence-electron chi connectivity index (χ2n) is 5.26. The van der Waals surface area contributed by atoms with Crippen molar-refractivity contribution in [3.05, 3.63) is 47.9 Å². The molecule has 1 aromatic heterocycles. The van der Waals surface area contributed by atoms with Crippen LogP contribution in [-0.2, 0) is 0 Å². The SMILES string of the molecule is O=C(O)c1cccc(-c2cnc(C3CCCNC3)cn2)c1. The first-order chi connectivity index (χ1) is 10.2. The van der Waals surface area contributed by atoms with Crippen molar-refractivity contribution in [2.45, 2.75) is 18.8 Å². The molecule has 0 saturated carbocycles. The average Bonchev–Trinajstić information content (AvgIpc) is 2.56. The van der Waals surface area contributed by atoms with Crippen molar-refractivity contribution in [1.29, 1.82) is 0 Å². The molecule has 108 valence electrons. The predicted octanol–water partition coefficient (Wildman–Crippen LogP) is 2.31. The fourth-order valence-electron chi connectivity index (χ4n) is 2.61. The molecule has 2 heterocycles. The number of carboxylic acids is 1. The van der Waals surface area contributed by atoms with Gasteiger partial charge in [0.15, 0.2) is 0 Å². The third kappa shape index (κ3) is 3.08. The molecule has 5 nitrogen and oxygen atoms in total. The second kappa shape index (κ2) is 6.01. The first-order valence-electron chi connectivity index (χ1n) is 7.10. The molecular formula is C16H17N3O2. The molecule has 1 aliphatic heterocycles. The van der Waals surface area contributed by atoms with Gasteiger partial charge in [0.25, 0.3) is 0 Å². The molecule has 1 fully saturated rings. The lowest BCUT2D eigenvalue weighted by Crippen LogP contribution is -2.28. The van der Waals surface area contributed by atoms with E-state index in [0.717, 1.165) is 37.2 Å². The number of carboxylic acid groups (broad SMARTS) is 1. The summed E-state index contributed by atoms with van der Waals surface area (Å²) in [5.74, 6) is -0.514. The minimum atomic E-state index is -0.935. The fraction of sp³-hybridized carbons (Fsp3) is 0.312. The van der Waals surface area contributed by atoms with E-state index in [1.165, 1.54) is 0 Å². The minimum Gasteiger partial charge on any atom is -0.478 e. The van der Waals surface area contributed by atoms with Crippen molar-refractivity contribution in [1.82, 2.24) is 15.3 Å². The summed E-state index contributed by atoms with van der Waals surface area (Å²) in [6.45, 7) is 2.02. The third-order valence-electron chi connectivity index (χ3n) is 3.79. The van der Waals surface area contributed by atoms with E-state index < -0.39 is 5.97 Å². The van der Waals surface area contributed by atoms with Crippen LogP contribution in [0.1, 0.15) is 34.8 Å². The number of hydrogen-bond donors (Lipinski definition) is 2. The van der Waals surface area contributed by atoms with Gasteiger partial charge >= 0.3 is 5.97 Å². The number of piperidine rings is 1. The van der Waals surface area contributed by atoms with Gasteiger partial charge in [0.05, 0.1) is 23.1 Å². The van der Waals surface area contributed by atoms with Gasteiger partial charge in [-0.25, -0.2) is 4.79 Å². The molecule has 1 aromatic carbocycles. The Morgan fingerprint density at radius 2 is 2.19 bits per heavy atom. The van der Waals surface area contributed by atoms with E-state index in [9.17, 15) is 4.79 Å². The largest absolute Gasteiger partial charge is 0.478 e. The summed E-state index contributed by atoms with van der Waals surface area (Å²) in [6, 6.07) is 6.76. The molecule has 1 saturated heterocycles. The van der Waals surface area contributed by atoms with Gasteiger partial charge in [0.2, 0.25) is 0 Å². The molecule has 0 bridgehead atoms. The Bertz CT molecular complexity index is 634.